The fraction of sp³-hybridized carbons (Fsp3) is 0.444. The highest BCUT2D eigenvalue weighted by Crippen LogP contribution is 2.33. The number of fused-ring (bicyclic) bond motifs is 1. The molecule has 1 fully saturated rings. The number of nitrogens with zero attached hydrogens (tertiary/aromatic N) is 4. The number of ether oxygens (including phenoxy) is 2. The predicted molar refractivity (Wildman–Crippen MR) is 93.3 cm³/mol. The van der Waals surface area contributed by atoms with E-state index in [2.05, 4.69) is 10.3 Å². The van der Waals surface area contributed by atoms with Gasteiger partial charge in [-0.3, -0.25) is 9.59 Å². The number of rotatable bonds is 3. The number of aromatic nitrogens is 3. The third kappa shape index (κ3) is 2.88. The molecule has 2 aliphatic heterocycles. The zero-order chi connectivity index (χ0) is 19.2. The normalized spacial score (nSPS) is 21.3. The number of carboxylic acid groups (broad SMARTS) is 1. The number of hydrogen-bond acceptors (Lipinski definition) is 6. The zero-order valence-corrected chi connectivity index (χ0v) is 15.1. The van der Waals surface area contributed by atoms with Crippen molar-refractivity contribution in [2.75, 3.05) is 26.3 Å². The summed E-state index contributed by atoms with van der Waals surface area (Å²) in [5, 5.41) is 17.5. The standard InChI is InChI=1S/C18H20N4O5/c1-11-15(16(23)21-6-5-18(2,10-21)17(24)25)19-20-22(11)12-3-4-13-14(9-12)27-8-7-26-13/h3-4,9H,5-8,10H2,1-2H3,(H,24,25)/t18-/m1/s1. The van der Waals surface area contributed by atoms with Gasteiger partial charge in [0.2, 0.25) is 0 Å². The molecule has 1 saturated heterocycles. The van der Waals surface area contributed by atoms with Crippen molar-refractivity contribution in [2.45, 2.75) is 20.3 Å². The summed E-state index contributed by atoms with van der Waals surface area (Å²) in [5.74, 6) is 0.0955. The Morgan fingerprint density at radius 3 is 2.67 bits per heavy atom. The first-order valence-corrected chi connectivity index (χ1v) is 8.74. The topological polar surface area (TPSA) is 107 Å². The second-order valence-electron chi connectivity index (χ2n) is 7.11. The lowest BCUT2D eigenvalue weighted by molar-refractivity contribution is -0.147. The van der Waals surface area contributed by atoms with Crippen LogP contribution >= 0.6 is 0 Å². The molecule has 0 bridgehead atoms. The summed E-state index contributed by atoms with van der Waals surface area (Å²) in [6, 6.07) is 5.41. The number of likely N-dealkylation sites (tertiary alicyclic amines) is 1. The molecular weight excluding hydrogens is 352 g/mol. The number of amides is 1. The molecule has 2 aromatic rings. The fourth-order valence-corrected chi connectivity index (χ4v) is 3.39. The van der Waals surface area contributed by atoms with Crippen LogP contribution in [0.4, 0.5) is 0 Å². The molecule has 0 radical (unpaired) electrons. The van der Waals surface area contributed by atoms with E-state index in [0.717, 1.165) is 0 Å². The van der Waals surface area contributed by atoms with Crippen molar-refractivity contribution in [3.05, 3.63) is 29.6 Å². The van der Waals surface area contributed by atoms with Gasteiger partial charge in [-0.1, -0.05) is 5.21 Å². The highest BCUT2D eigenvalue weighted by molar-refractivity contribution is 5.94. The van der Waals surface area contributed by atoms with E-state index < -0.39 is 11.4 Å². The first-order chi connectivity index (χ1) is 12.9. The van der Waals surface area contributed by atoms with E-state index in [1.165, 1.54) is 4.90 Å². The molecule has 1 aromatic carbocycles. The molecule has 3 heterocycles. The summed E-state index contributed by atoms with van der Waals surface area (Å²) < 4.78 is 12.7. The van der Waals surface area contributed by atoms with Gasteiger partial charge in [-0.2, -0.15) is 0 Å². The Bertz CT molecular complexity index is 924. The van der Waals surface area contributed by atoms with Gasteiger partial charge in [0, 0.05) is 19.2 Å². The van der Waals surface area contributed by atoms with Gasteiger partial charge < -0.3 is 19.5 Å². The van der Waals surface area contributed by atoms with Crippen molar-refractivity contribution in [1.29, 1.82) is 0 Å². The lowest BCUT2D eigenvalue weighted by Gasteiger charge is -2.20. The highest BCUT2D eigenvalue weighted by atomic mass is 16.6. The van der Waals surface area contributed by atoms with Crippen LogP contribution in [0.2, 0.25) is 0 Å². The average molecular weight is 372 g/mol. The molecule has 9 heteroatoms. The van der Waals surface area contributed by atoms with Crippen LogP contribution in [-0.2, 0) is 4.79 Å². The zero-order valence-electron chi connectivity index (χ0n) is 15.1. The largest absolute Gasteiger partial charge is 0.486 e. The lowest BCUT2D eigenvalue weighted by atomic mass is 9.90. The van der Waals surface area contributed by atoms with Gasteiger partial charge in [0.05, 0.1) is 16.8 Å². The molecule has 1 amide bonds. The number of hydrogen-bond donors (Lipinski definition) is 1. The lowest BCUT2D eigenvalue weighted by Crippen LogP contribution is -2.35. The number of aliphatic carboxylic acids is 1. The Kier molecular flexibility index (Phi) is 4.01. The summed E-state index contributed by atoms with van der Waals surface area (Å²) in [6.07, 6.45) is 0.420. The number of carboxylic acids is 1. The summed E-state index contributed by atoms with van der Waals surface area (Å²) in [6.45, 7) is 4.96. The third-order valence-corrected chi connectivity index (χ3v) is 5.14. The smallest absolute Gasteiger partial charge is 0.311 e. The SMILES string of the molecule is Cc1c(C(=O)N2CC[C@@](C)(C(=O)O)C2)nnn1-c1ccc2c(c1)OCCO2. The number of carbonyl (C=O) groups excluding carboxylic acids is 1. The molecule has 0 unspecified atom stereocenters. The summed E-state index contributed by atoms with van der Waals surface area (Å²) in [4.78, 5) is 25.8. The van der Waals surface area contributed by atoms with Crippen LogP contribution in [0.25, 0.3) is 5.69 Å². The second-order valence-corrected chi connectivity index (χ2v) is 7.11. The Balaban J connectivity index is 1.59. The number of carbonyl (C=O) groups is 2. The average Bonchev–Trinajstić information content (AvgIpc) is 3.25. The summed E-state index contributed by atoms with van der Waals surface area (Å²) >= 11 is 0. The minimum Gasteiger partial charge on any atom is -0.486 e. The van der Waals surface area contributed by atoms with E-state index in [4.69, 9.17) is 9.47 Å². The van der Waals surface area contributed by atoms with Gasteiger partial charge in [-0.15, -0.1) is 5.10 Å². The highest BCUT2D eigenvalue weighted by Gasteiger charge is 2.43. The van der Waals surface area contributed by atoms with E-state index in [0.29, 0.717) is 49.1 Å². The first-order valence-electron chi connectivity index (χ1n) is 8.74. The molecule has 0 saturated carbocycles. The molecule has 4 rings (SSSR count). The van der Waals surface area contributed by atoms with Crippen molar-refractivity contribution < 1.29 is 24.2 Å². The molecule has 9 nitrogen and oxygen atoms in total. The van der Waals surface area contributed by atoms with E-state index in [1.54, 1.807) is 30.7 Å². The van der Waals surface area contributed by atoms with Crippen molar-refractivity contribution >= 4 is 11.9 Å². The molecule has 1 aromatic heterocycles. The molecular formula is C18H20N4O5. The summed E-state index contributed by atoms with van der Waals surface area (Å²) in [7, 11) is 0. The van der Waals surface area contributed by atoms with E-state index in [1.807, 2.05) is 6.07 Å². The van der Waals surface area contributed by atoms with Gasteiger partial charge >= 0.3 is 5.97 Å². The van der Waals surface area contributed by atoms with Crippen LogP contribution < -0.4 is 9.47 Å². The minimum absolute atomic E-state index is 0.164. The number of benzene rings is 1. The van der Waals surface area contributed by atoms with Crippen LogP contribution in [0.5, 0.6) is 11.5 Å². The van der Waals surface area contributed by atoms with Gasteiger partial charge in [-0.25, -0.2) is 4.68 Å². The monoisotopic (exact) mass is 372 g/mol. The Morgan fingerprint density at radius 1 is 1.22 bits per heavy atom. The van der Waals surface area contributed by atoms with E-state index in [9.17, 15) is 14.7 Å². The van der Waals surface area contributed by atoms with Crippen molar-refractivity contribution in [2.24, 2.45) is 5.41 Å². The minimum atomic E-state index is -0.921. The molecule has 27 heavy (non-hydrogen) atoms. The molecule has 2 aliphatic rings. The van der Waals surface area contributed by atoms with Gasteiger partial charge in [0.1, 0.15) is 13.2 Å². The Hall–Kier alpha value is -3.10. The third-order valence-electron chi connectivity index (χ3n) is 5.14. The quantitative estimate of drug-likeness (QED) is 0.865. The molecule has 1 N–H and O–H groups in total. The fourth-order valence-electron chi connectivity index (χ4n) is 3.39. The predicted octanol–water partition coefficient (Wildman–Crippen LogP) is 1.28. The van der Waals surface area contributed by atoms with Gasteiger partial charge in [-0.05, 0) is 32.4 Å². The van der Waals surface area contributed by atoms with Crippen molar-refractivity contribution in [3.63, 3.8) is 0 Å². The van der Waals surface area contributed by atoms with Gasteiger partial charge in [0.15, 0.2) is 17.2 Å². The Morgan fingerprint density at radius 2 is 1.96 bits per heavy atom. The maximum Gasteiger partial charge on any atom is 0.311 e. The first kappa shape index (κ1) is 17.3. The second kappa shape index (κ2) is 6.26. The van der Waals surface area contributed by atoms with E-state index >= 15 is 0 Å². The molecule has 0 aliphatic carbocycles. The van der Waals surface area contributed by atoms with Gasteiger partial charge in [0.25, 0.3) is 5.91 Å². The van der Waals surface area contributed by atoms with Crippen LogP contribution in [-0.4, -0.2) is 63.2 Å². The maximum atomic E-state index is 12.8. The van der Waals surface area contributed by atoms with Crippen molar-refractivity contribution in [3.8, 4) is 17.2 Å². The molecule has 142 valence electrons. The Labute approximate surface area is 155 Å². The summed E-state index contributed by atoms with van der Waals surface area (Å²) in [5.41, 5.74) is 0.593. The van der Waals surface area contributed by atoms with Crippen molar-refractivity contribution in [1.82, 2.24) is 19.9 Å². The van der Waals surface area contributed by atoms with Crippen LogP contribution in [0.3, 0.4) is 0 Å². The maximum absolute atomic E-state index is 12.8. The molecule has 1 atom stereocenters. The van der Waals surface area contributed by atoms with Crippen LogP contribution in [0.15, 0.2) is 18.2 Å². The van der Waals surface area contributed by atoms with Crippen LogP contribution in [0.1, 0.15) is 29.5 Å². The molecule has 0 spiro atoms. The van der Waals surface area contributed by atoms with E-state index in [-0.39, 0.29) is 18.1 Å². The van der Waals surface area contributed by atoms with Crippen LogP contribution in [0, 0.1) is 12.3 Å².